The largest absolute Gasteiger partial charge is 0.456 e. The Morgan fingerprint density at radius 2 is 1.11 bits per heavy atom. The Hall–Kier alpha value is -7.37. The second-order valence-corrected chi connectivity index (χ2v) is 12.9. The van der Waals surface area contributed by atoms with E-state index in [4.69, 9.17) is 34.8 Å². The molecule has 5 nitrogen and oxygen atoms in total. The highest BCUT2D eigenvalue weighted by Crippen LogP contribution is 2.39. The average molecular weight is 701 g/mol. The van der Waals surface area contributed by atoms with Crippen molar-refractivity contribution in [2.45, 2.75) is 0 Å². The van der Waals surface area contributed by atoms with Gasteiger partial charge in [0.1, 0.15) is 22.3 Å². The van der Waals surface area contributed by atoms with Crippen LogP contribution in [0.1, 0.15) is 12.3 Å². The van der Waals surface area contributed by atoms with Crippen molar-refractivity contribution in [3.8, 4) is 56.4 Å². The number of fused-ring (bicyclic) bond motifs is 8. The lowest BCUT2D eigenvalue weighted by Crippen LogP contribution is -2.00. The van der Waals surface area contributed by atoms with Gasteiger partial charge in [-0.1, -0.05) is 133 Å². The summed E-state index contributed by atoms with van der Waals surface area (Å²) in [4.78, 5) is 14.8. The molecule has 0 saturated carbocycles. The van der Waals surface area contributed by atoms with Crippen molar-refractivity contribution in [2.75, 3.05) is 0 Å². The number of aromatic nitrogens is 3. The standard InChI is InChI=1S/C49H29N3O2/c1-3-11-30(12-4-1)37-19-10-20-43-45(37)40-25-22-36(29-44(40)53-43)49-51-47(32-14-5-2-6-15-32)50-48(52-49)35-17-9-16-33(27-35)34-23-26-42-41(28-34)39-24-21-31-13-7-8-18-38(31)46(39)54-42/h1-29H/i7D,8D,13D,18D,21D,23D,24D,26D,28D. The molecule has 0 saturated heterocycles. The summed E-state index contributed by atoms with van der Waals surface area (Å²) in [6.07, 6.45) is 0. The van der Waals surface area contributed by atoms with Crippen molar-refractivity contribution in [2.24, 2.45) is 0 Å². The minimum Gasteiger partial charge on any atom is -0.456 e. The van der Waals surface area contributed by atoms with Crippen LogP contribution in [-0.4, -0.2) is 15.0 Å². The highest BCUT2D eigenvalue weighted by atomic mass is 16.3. The van der Waals surface area contributed by atoms with E-state index in [1.807, 2.05) is 78.9 Å². The van der Waals surface area contributed by atoms with Gasteiger partial charge in [-0.3, -0.25) is 0 Å². The number of nitrogens with zero attached hydrogens (tertiary/aromatic N) is 3. The maximum Gasteiger partial charge on any atom is 0.164 e. The third kappa shape index (κ3) is 4.98. The molecule has 11 aromatic rings. The Morgan fingerprint density at radius 1 is 0.407 bits per heavy atom. The molecule has 0 atom stereocenters. The van der Waals surface area contributed by atoms with E-state index in [1.165, 1.54) is 0 Å². The van der Waals surface area contributed by atoms with E-state index >= 15 is 0 Å². The molecular weight excluding hydrogens is 663 g/mol. The number of furan rings is 2. The lowest BCUT2D eigenvalue weighted by molar-refractivity contribution is 0.669. The van der Waals surface area contributed by atoms with Gasteiger partial charge in [0, 0.05) is 43.6 Å². The van der Waals surface area contributed by atoms with Crippen LogP contribution in [0.4, 0.5) is 0 Å². The quantitative estimate of drug-likeness (QED) is 0.179. The molecule has 0 aliphatic carbocycles. The van der Waals surface area contributed by atoms with Crippen LogP contribution < -0.4 is 0 Å². The second kappa shape index (κ2) is 12.1. The summed E-state index contributed by atoms with van der Waals surface area (Å²) in [6, 6.07) is 34.6. The minimum atomic E-state index is -0.556. The molecule has 11 rings (SSSR count). The van der Waals surface area contributed by atoms with E-state index in [0.717, 1.165) is 33.0 Å². The normalized spacial score (nSPS) is 14.0. The van der Waals surface area contributed by atoms with E-state index in [2.05, 4.69) is 18.2 Å². The third-order valence-corrected chi connectivity index (χ3v) is 9.60. The van der Waals surface area contributed by atoms with Gasteiger partial charge in [0.15, 0.2) is 17.5 Å². The van der Waals surface area contributed by atoms with Crippen molar-refractivity contribution in [1.29, 1.82) is 0 Å². The Bertz CT molecular complexity index is 3740. The van der Waals surface area contributed by atoms with E-state index in [9.17, 15) is 1.37 Å². The molecule has 3 heterocycles. The molecule has 0 aliphatic rings. The topological polar surface area (TPSA) is 65.0 Å². The van der Waals surface area contributed by atoms with Gasteiger partial charge in [-0.15, -0.1) is 0 Å². The third-order valence-electron chi connectivity index (χ3n) is 9.60. The summed E-state index contributed by atoms with van der Waals surface area (Å²) in [5, 5.41) is 1.57. The highest BCUT2D eigenvalue weighted by molar-refractivity contribution is 6.16. The minimum absolute atomic E-state index is 0.00936. The number of hydrogen-bond donors (Lipinski definition) is 0. The van der Waals surface area contributed by atoms with E-state index in [-0.39, 0.29) is 56.4 Å². The van der Waals surface area contributed by atoms with Gasteiger partial charge in [0.05, 0.1) is 12.3 Å². The summed E-state index contributed by atoms with van der Waals surface area (Å²) < 4.78 is 91.6. The first kappa shape index (κ1) is 22.5. The smallest absolute Gasteiger partial charge is 0.164 e. The van der Waals surface area contributed by atoms with Crippen LogP contribution in [0.3, 0.4) is 0 Å². The van der Waals surface area contributed by atoms with Gasteiger partial charge in [0.25, 0.3) is 0 Å². The zero-order valence-electron chi connectivity index (χ0n) is 37.2. The molecule has 0 radical (unpaired) electrons. The van der Waals surface area contributed by atoms with Crippen LogP contribution in [0.5, 0.6) is 0 Å². The Balaban J connectivity index is 1.09. The molecule has 0 aliphatic heterocycles. The van der Waals surface area contributed by atoms with Gasteiger partial charge in [-0.05, 0) is 70.0 Å². The molecule has 0 bridgehead atoms. The van der Waals surface area contributed by atoms with Crippen molar-refractivity contribution in [3.05, 3.63) is 176 Å². The van der Waals surface area contributed by atoms with Crippen LogP contribution in [0.15, 0.2) is 185 Å². The summed E-state index contributed by atoms with van der Waals surface area (Å²) in [7, 11) is 0. The van der Waals surface area contributed by atoms with Gasteiger partial charge < -0.3 is 8.83 Å². The highest BCUT2D eigenvalue weighted by Gasteiger charge is 2.17. The zero-order valence-corrected chi connectivity index (χ0v) is 28.2. The molecule has 3 aromatic heterocycles. The lowest BCUT2D eigenvalue weighted by Gasteiger charge is -2.10. The summed E-state index contributed by atoms with van der Waals surface area (Å²) in [5.74, 6) is 1.11. The molecule has 0 spiro atoms. The average Bonchev–Trinajstić information content (AvgIpc) is 3.91. The van der Waals surface area contributed by atoms with Crippen molar-refractivity contribution >= 4 is 54.6 Å². The van der Waals surface area contributed by atoms with Crippen LogP contribution in [-0.2, 0) is 0 Å². The van der Waals surface area contributed by atoms with Crippen LogP contribution in [0, 0.1) is 0 Å². The number of hydrogen-bond acceptors (Lipinski definition) is 5. The van der Waals surface area contributed by atoms with E-state index in [1.54, 1.807) is 24.3 Å². The van der Waals surface area contributed by atoms with E-state index in [0.29, 0.717) is 39.7 Å². The molecule has 54 heavy (non-hydrogen) atoms. The molecule has 0 amide bonds. The van der Waals surface area contributed by atoms with Crippen molar-refractivity contribution in [1.82, 2.24) is 15.0 Å². The van der Waals surface area contributed by atoms with Gasteiger partial charge >= 0.3 is 0 Å². The van der Waals surface area contributed by atoms with Crippen molar-refractivity contribution < 1.29 is 21.2 Å². The Kier molecular flexibility index (Phi) is 5.06. The molecule has 0 N–H and O–H groups in total. The molecule has 0 fully saturated rings. The zero-order chi connectivity index (χ0) is 43.4. The van der Waals surface area contributed by atoms with Gasteiger partial charge in [0.2, 0.25) is 0 Å². The SMILES string of the molecule is [2H]c1c(-c2cccc(-c3nc(-c4ccccc4)nc(-c4ccc5c(c4)oc4cccc(-c6ccccc6)c45)n3)c2)c([2H])c2c(oc3c4c([2H])c([2H])c([2H])c([2H])c4c([2H])c([2H])c32)c1[2H]. The Morgan fingerprint density at radius 3 is 1.94 bits per heavy atom. The van der Waals surface area contributed by atoms with Crippen LogP contribution in [0.25, 0.3) is 111 Å². The Labute approximate surface area is 322 Å². The second-order valence-electron chi connectivity index (χ2n) is 12.9. The van der Waals surface area contributed by atoms with Crippen molar-refractivity contribution in [3.63, 3.8) is 0 Å². The molecule has 0 unspecified atom stereocenters. The summed E-state index contributed by atoms with van der Waals surface area (Å²) in [6.45, 7) is 0. The van der Waals surface area contributed by atoms with Gasteiger partial charge in [-0.2, -0.15) is 0 Å². The fraction of sp³-hybridized carbons (Fsp3) is 0. The van der Waals surface area contributed by atoms with Gasteiger partial charge in [-0.25, -0.2) is 15.0 Å². The first-order valence-corrected chi connectivity index (χ1v) is 17.3. The first-order chi connectivity index (χ1) is 30.5. The van der Waals surface area contributed by atoms with E-state index < -0.39 is 36.3 Å². The fourth-order valence-corrected chi connectivity index (χ4v) is 7.04. The first-order valence-electron chi connectivity index (χ1n) is 21.8. The number of rotatable bonds is 5. The van der Waals surface area contributed by atoms with Crippen LogP contribution >= 0.6 is 0 Å². The number of benzene rings is 8. The monoisotopic (exact) mass is 700 g/mol. The lowest BCUT2D eigenvalue weighted by atomic mass is 9.99. The maximum atomic E-state index is 9.49. The molecule has 252 valence electrons. The maximum absolute atomic E-state index is 9.49. The predicted octanol–water partition coefficient (Wildman–Crippen LogP) is 13.2. The summed E-state index contributed by atoms with van der Waals surface area (Å²) >= 11 is 0. The summed E-state index contributed by atoms with van der Waals surface area (Å²) in [5.41, 5.74) is 5.63. The fourth-order valence-electron chi connectivity index (χ4n) is 7.04. The molecule has 5 heteroatoms. The van der Waals surface area contributed by atoms with Crippen LogP contribution in [0.2, 0.25) is 0 Å². The predicted molar refractivity (Wildman–Crippen MR) is 219 cm³/mol. The molecule has 8 aromatic carbocycles. The molecular formula is C49H29N3O2.